The van der Waals surface area contributed by atoms with Gasteiger partial charge in [-0.15, -0.1) is 0 Å². The van der Waals surface area contributed by atoms with Gasteiger partial charge in [-0.3, -0.25) is 4.79 Å². The fourth-order valence-electron chi connectivity index (χ4n) is 2.61. The molecule has 0 aliphatic rings. The van der Waals surface area contributed by atoms with E-state index >= 15 is 0 Å². The minimum Gasteiger partial charge on any atom is -0.481 e. The quantitative estimate of drug-likeness (QED) is 0.689. The van der Waals surface area contributed by atoms with E-state index in [1.807, 2.05) is 62.4 Å². The number of hydrogen-bond donors (Lipinski definition) is 1. The van der Waals surface area contributed by atoms with E-state index in [0.29, 0.717) is 5.76 Å². The van der Waals surface area contributed by atoms with Crippen LogP contribution in [0.4, 0.5) is 0 Å². The molecule has 1 N–H and O–H groups in total. The molecule has 0 saturated carbocycles. The van der Waals surface area contributed by atoms with E-state index in [1.165, 1.54) is 5.56 Å². The van der Waals surface area contributed by atoms with Crippen LogP contribution in [0, 0.1) is 24.7 Å². The van der Waals surface area contributed by atoms with E-state index < -0.39 is 11.9 Å². The minimum atomic E-state index is -0.822. The van der Waals surface area contributed by atoms with Crippen molar-refractivity contribution in [2.45, 2.75) is 26.7 Å². The van der Waals surface area contributed by atoms with Crippen molar-refractivity contribution < 1.29 is 14.3 Å². The summed E-state index contributed by atoms with van der Waals surface area (Å²) in [5.74, 6) is 5.50. The Morgan fingerprint density at radius 1 is 1.00 bits per heavy atom. The van der Waals surface area contributed by atoms with E-state index in [9.17, 15) is 4.79 Å². The van der Waals surface area contributed by atoms with Gasteiger partial charge in [-0.1, -0.05) is 43.4 Å². The summed E-state index contributed by atoms with van der Waals surface area (Å²) in [5.41, 5.74) is 3.84. The molecule has 3 heteroatoms. The molecule has 0 fully saturated rings. The second kappa shape index (κ2) is 6.86. The number of fused-ring (bicyclic) bond motifs is 1. The summed E-state index contributed by atoms with van der Waals surface area (Å²) in [5, 5.41) is 10.1. The molecule has 0 bridgehead atoms. The number of aliphatic carboxylic acids is 1. The minimum absolute atomic E-state index is 0.188. The van der Waals surface area contributed by atoms with Crippen LogP contribution >= 0.6 is 0 Å². The molecule has 126 valence electrons. The zero-order chi connectivity index (χ0) is 18.0. The predicted octanol–water partition coefficient (Wildman–Crippen LogP) is 4.97. The van der Waals surface area contributed by atoms with Crippen LogP contribution in [0.15, 0.2) is 52.9 Å². The van der Waals surface area contributed by atoms with Crippen molar-refractivity contribution in [2.24, 2.45) is 5.92 Å². The summed E-state index contributed by atoms with van der Waals surface area (Å²) >= 11 is 0. The summed E-state index contributed by atoms with van der Waals surface area (Å²) in [6, 6.07) is 15.8. The number of rotatable bonds is 3. The summed E-state index contributed by atoms with van der Waals surface area (Å²) in [6.45, 7) is 5.61. The van der Waals surface area contributed by atoms with Crippen molar-refractivity contribution in [3.8, 4) is 11.8 Å². The third kappa shape index (κ3) is 3.75. The van der Waals surface area contributed by atoms with Crippen molar-refractivity contribution in [1.82, 2.24) is 0 Å². The zero-order valence-corrected chi connectivity index (χ0v) is 14.5. The lowest BCUT2D eigenvalue weighted by molar-refractivity contribution is -0.141. The Morgan fingerprint density at radius 3 is 2.32 bits per heavy atom. The van der Waals surface area contributed by atoms with Crippen LogP contribution in [0.5, 0.6) is 0 Å². The van der Waals surface area contributed by atoms with Gasteiger partial charge in [-0.25, -0.2) is 0 Å². The fraction of sp³-hybridized carbons (Fsp3) is 0.227. The first-order valence-electron chi connectivity index (χ1n) is 8.29. The molecule has 0 unspecified atom stereocenters. The fourth-order valence-corrected chi connectivity index (χ4v) is 2.61. The Labute approximate surface area is 147 Å². The number of benzene rings is 2. The Bertz CT molecular complexity index is 968. The van der Waals surface area contributed by atoms with Crippen LogP contribution in [0.2, 0.25) is 0 Å². The van der Waals surface area contributed by atoms with Crippen LogP contribution in [0.3, 0.4) is 0 Å². The van der Waals surface area contributed by atoms with Gasteiger partial charge < -0.3 is 9.52 Å². The third-order valence-corrected chi connectivity index (χ3v) is 4.53. The van der Waals surface area contributed by atoms with Crippen LogP contribution in [0.25, 0.3) is 11.0 Å². The van der Waals surface area contributed by atoms with Crippen molar-refractivity contribution in [3.63, 3.8) is 0 Å². The molecule has 25 heavy (non-hydrogen) atoms. The third-order valence-electron chi connectivity index (χ3n) is 4.53. The molecule has 0 aliphatic carbocycles. The molecule has 2 atom stereocenters. The average Bonchev–Trinajstić information content (AvgIpc) is 3.03. The Hall–Kier alpha value is -2.99. The van der Waals surface area contributed by atoms with Gasteiger partial charge in [0.1, 0.15) is 11.3 Å². The molecule has 3 nitrogen and oxygen atoms in total. The predicted molar refractivity (Wildman–Crippen MR) is 98.6 cm³/mol. The summed E-state index contributed by atoms with van der Waals surface area (Å²) in [7, 11) is 0. The van der Waals surface area contributed by atoms with Gasteiger partial charge in [0.2, 0.25) is 0 Å². The van der Waals surface area contributed by atoms with Crippen LogP contribution in [-0.4, -0.2) is 11.1 Å². The first-order valence-corrected chi connectivity index (χ1v) is 8.29. The molecule has 0 aliphatic heterocycles. The maximum atomic E-state index is 11.2. The standard InChI is InChI=1S/C22H20O3/c1-14-4-6-17(7-5-14)8-9-18-10-11-20-19(12-18)13-21(25-20)15(2)16(3)22(23)24/h4-7,10-13,15-16H,1-3H3,(H,23,24)/t15-,16-/m1/s1. The van der Waals surface area contributed by atoms with Gasteiger partial charge in [0, 0.05) is 22.4 Å². The van der Waals surface area contributed by atoms with Crippen molar-refractivity contribution in [1.29, 1.82) is 0 Å². The van der Waals surface area contributed by atoms with Crippen LogP contribution < -0.4 is 0 Å². The highest BCUT2D eigenvalue weighted by Gasteiger charge is 2.23. The molecule has 1 heterocycles. The lowest BCUT2D eigenvalue weighted by Gasteiger charge is -2.12. The Kier molecular flexibility index (Phi) is 4.63. The number of aryl methyl sites for hydroxylation is 1. The average molecular weight is 332 g/mol. The Morgan fingerprint density at radius 2 is 1.64 bits per heavy atom. The van der Waals surface area contributed by atoms with Gasteiger partial charge in [-0.2, -0.15) is 0 Å². The van der Waals surface area contributed by atoms with Crippen molar-refractivity contribution in [3.05, 3.63) is 71.0 Å². The lowest BCUT2D eigenvalue weighted by atomic mass is 9.94. The van der Waals surface area contributed by atoms with E-state index in [-0.39, 0.29) is 5.92 Å². The molecule has 0 spiro atoms. The largest absolute Gasteiger partial charge is 0.481 e. The monoisotopic (exact) mass is 332 g/mol. The maximum Gasteiger partial charge on any atom is 0.306 e. The SMILES string of the molecule is Cc1ccc(C#Cc2ccc3oc([C@H](C)[C@@H](C)C(=O)O)cc3c2)cc1. The lowest BCUT2D eigenvalue weighted by Crippen LogP contribution is -2.16. The van der Waals surface area contributed by atoms with Crippen molar-refractivity contribution >= 4 is 16.9 Å². The first-order chi connectivity index (χ1) is 11.9. The van der Waals surface area contributed by atoms with Gasteiger partial charge >= 0.3 is 5.97 Å². The second-order valence-corrected chi connectivity index (χ2v) is 6.43. The van der Waals surface area contributed by atoms with Gasteiger partial charge in [0.15, 0.2) is 0 Å². The highest BCUT2D eigenvalue weighted by molar-refractivity contribution is 5.80. The topological polar surface area (TPSA) is 50.4 Å². The molecule has 1 aromatic heterocycles. The molecule has 0 radical (unpaired) electrons. The number of carboxylic acids is 1. The van der Waals surface area contributed by atoms with E-state index in [1.54, 1.807) is 6.92 Å². The van der Waals surface area contributed by atoms with Gasteiger partial charge in [0.25, 0.3) is 0 Å². The number of carboxylic acid groups (broad SMARTS) is 1. The summed E-state index contributed by atoms with van der Waals surface area (Å²) in [4.78, 5) is 11.2. The maximum absolute atomic E-state index is 11.2. The second-order valence-electron chi connectivity index (χ2n) is 6.43. The number of hydrogen-bond acceptors (Lipinski definition) is 2. The van der Waals surface area contributed by atoms with E-state index in [0.717, 1.165) is 22.1 Å². The van der Waals surface area contributed by atoms with Crippen LogP contribution in [0.1, 0.15) is 42.2 Å². The highest BCUT2D eigenvalue weighted by atomic mass is 16.4. The van der Waals surface area contributed by atoms with Crippen molar-refractivity contribution in [2.75, 3.05) is 0 Å². The van der Waals surface area contributed by atoms with Gasteiger partial charge in [0.05, 0.1) is 5.92 Å². The Balaban J connectivity index is 1.88. The summed E-state index contributed by atoms with van der Waals surface area (Å²) in [6.07, 6.45) is 0. The number of carbonyl (C=O) groups is 1. The highest BCUT2D eigenvalue weighted by Crippen LogP contribution is 2.30. The zero-order valence-electron chi connectivity index (χ0n) is 14.5. The molecular formula is C22H20O3. The molecule has 3 rings (SSSR count). The van der Waals surface area contributed by atoms with E-state index in [2.05, 4.69) is 11.8 Å². The first kappa shape index (κ1) is 16.9. The molecule has 0 amide bonds. The van der Waals surface area contributed by atoms with Gasteiger partial charge in [-0.05, 0) is 43.3 Å². The molecule has 0 saturated heterocycles. The summed E-state index contributed by atoms with van der Waals surface area (Å²) < 4.78 is 5.82. The molecular weight excluding hydrogens is 312 g/mol. The normalized spacial score (nSPS) is 13.1. The smallest absolute Gasteiger partial charge is 0.306 e. The molecule has 3 aromatic rings. The number of furan rings is 1. The molecule has 2 aromatic carbocycles. The van der Waals surface area contributed by atoms with Crippen LogP contribution in [-0.2, 0) is 4.79 Å². The van der Waals surface area contributed by atoms with E-state index in [4.69, 9.17) is 9.52 Å².